The molecule has 41 heavy (non-hydrogen) atoms. The maximum atomic E-state index is 14.6. The highest BCUT2D eigenvalue weighted by molar-refractivity contribution is 9.10. The van der Waals surface area contributed by atoms with E-state index in [1.165, 1.54) is 11.8 Å². The van der Waals surface area contributed by atoms with Crippen molar-refractivity contribution >= 4 is 50.7 Å². The standard InChI is InChI=1S/C30H34BrN3O7/c1-18(19-11-9-8-10-12-19)34(28(38)41-29(2,3)4)27(37)30(5)17-39-24-21-14-13-20(31)15-22(21)40-25(24)26(36)33(30)16-23(35)32(6)7/h8-15,18H,16-17H2,1-7H3/t18-,30-/m1/s1. The van der Waals surface area contributed by atoms with Gasteiger partial charge in [0.2, 0.25) is 11.7 Å². The molecular weight excluding hydrogens is 594 g/mol. The van der Waals surface area contributed by atoms with Crippen LogP contribution in [0.5, 0.6) is 5.75 Å². The molecule has 2 atom stereocenters. The highest BCUT2D eigenvalue weighted by Gasteiger charge is 2.53. The third-order valence-corrected chi connectivity index (χ3v) is 7.36. The number of carbonyl (C=O) groups is 4. The van der Waals surface area contributed by atoms with Crippen LogP contribution in [-0.2, 0) is 14.3 Å². The third kappa shape index (κ3) is 5.95. The fourth-order valence-corrected chi connectivity index (χ4v) is 4.88. The Bertz CT molecular complexity index is 1490. The molecule has 3 aromatic rings. The van der Waals surface area contributed by atoms with Crippen LogP contribution >= 0.6 is 15.9 Å². The topological polar surface area (TPSA) is 110 Å². The zero-order chi connectivity index (χ0) is 30.3. The molecule has 218 valence electrons. The highest BCUT2D eigenvalue weighted by atomic mass is 79.9. The minimum Gasteiger partial charge on any atom is -0.486 e. The van der Waals surface area contributed by atoms with Gasteiger partial charge in [0, 0.05) is 18.6 Å². The van der Waals surface area contributed by atoms with Crippen molar-refractivity contribution in [2.45, 2.75) is 51.8 Å². The van der Waals surface area contributed by atoms with Gasteiger partial charge in [-0.25, -0.2) is 9.69 Å². The van der Waals surface area contributed by atoms with E-state index in [2.05, 4.69) is 15.9 Å². The number of benzene rings is 2. The van der Waals surface area contributed by atoms with Gasteiger partial charge < -0.3 is 23.7 Å². The molecule has 1 aromatic heterocycles. The SMILES string of the molecule is C[C@H](c1ccccc1)N(C(=O)OC(C)(C)C)C(=O)[C@@]1(C)COc2c(oc3cc(Br)ccc23)C(=O)N1CC(=O)N(C)C. The van der Waals surface area contributed by atoms with E-state index in [0.717, 1.165) is 14.3 Å². The third-order valence-electron chi connectivity index (χ3n) is 6.87. The fourth-order valence-electron chi connectivity index (χ4n) is 4.54. The van der Waals surface area contributed by atoms with E-state index in [0.29, 0.717) is 16.5 Å². The van der Waals surface area contributed by atoms with Gasteiger partial charge in [0.05, 0.1) is 11.4 Å². The van der Waals surface area contributed by atoms with E-state index < -0.39 is 47.5 Å². The Balaban J connectivity index is 1.85. The molecule has 0 saturated heterocycles. The second-order valence-electron chi connectivity index (χ2n) is 11.4. The maximum absolute atomic E-state index is 14.6. The number of imide groups is 1. The molecule has 0 bridgehead atoms. The Morgan fingerprint density at radius 2 is 1.78 bits per heavy atom. The molecule has 2 aromatic carbocycles. The lowest BCUT2D eigenvalue weighted by atomic mass is 9.96. The van der Waals surface area contributed by atoms with Crippen molar-refractivity contribution in [2.24, 2.45) is 0 Å². The van der Waals surface area contributed by atoms with Gasteiger partial charge in [-0.2, -0.15) is 0 Å². The zero-order valence-electron chi connectivity index (χ0n) is 24.2. The molecule has 2 heterocycles. The first-order valence-electron chi connectivity index (χ1n) is 13.1. The number of hydrogen-bond donors (Lipinski definition) is 0. The van der Waals surface area contributed by atoms with Gasteiger partial charge in [-0.1, -0.05) is 46.3 Å². The summed E-state index contributed by atoms with van der Waals surface area (Å²) in [5.74, 6) is -1.88. The number of rotatable bonds is 5. The monoisotopic (exact) mass is 627 g/mol. The van der Waals surface area contributed by atoms with E-state index in [-0.39, 0.29) is 18.1 Å². The van der Waals surface area contributed by atoms with Crippen molar-refractivity contribution in [3.05, 3.63) is 64.3 Å². The number of likely N-dealkylation sites (N-methyl/N-ethyl adjacent to an activating group) is 1. The van der Waals surface area contributed by atoms with E-state index in [9.17, 15) is 19.2 Å². The number of furan rings is 1. The molecule has 1 aliphatic rings. The number of nitrogens with zero attached hydrogens (tertiary/aromatic N) is 3. The van der Waals surface area contributed by atoms with Crippen LogP contribution in [0.25, 0.3) is 11.0 Å². The summed E-state index contributed by atoms with van der Waals surface area (Å²) in [7, 11) is 3.10. The molecule has 0 fully saturated rings. The van der Waals surface area contributed by atoms with Crippen molar-refractivity contribution in [3.63, 3.8) is 0 Å². The van der Waals surface area contributed by atoms with Crippen molar-refractivity contribution < 1.29 is 33.1 Å². The fraction of sp³-hybridized carbons (Fsp3) is 0.400. The van der Waals surface area contributed by atoms with Gasteiger partial charge in [-0.05, 0) is 58.4 Å². The van der Waals surface area contributed by atoms with E-state index in [1.807, 2.05) is 6.07 Å². The summed E-state index contributed by atoms with van der Waals surface area (Å²) < 4.78 is 18.4. The predicted octanol–water partition coefficient (Wildman–Crippen LogP) is 5.40. The minimum atomic E-state index is -1.80. The van der Waals surface area contributed by atoms with Crippen LogP contribution in [0.4, 0.5) is 4.79 Å². The first kappa shape index (κ1) is 30.1. The summed E-state index contributed by atoms with van der Waals surface area (Å²) in [5.41, 5.74) is -1.63. The number of ether oxygens (including phenoxy) is 2. The van der Waals surface area contributed by atoms with Gasteiger partial charge in [-0.3, -0.25) is 14.4 Å². The van der Waals surface area contributed by atoms with Crippen molar-refractivity contribution in [1.29, 1.82) is 0 Å². The quantitative estimate of drug-likeness (QED) is 0.372. The number of hydrogen-bond acceptors (Lipinski definition) is 7. The smallest absolute Gasteiger partial charge is 0.417 e. The van der Waals surface area contributed by atoms with Gasteiger partial charge >= 0.3 is 6.09 Å². The van der Waals surface area contributed by atoms with Gasteiger partial charge in [-0.15, -0.1) is 0 Å². The Morgan fingerprint density at radius 1 is 1.12 bits per heavy atom. The molecule has 0 spiro atoms. The van der Waals surface area contributed by atoms with Crippen LogP contribution in [-0.4, -0.2) is 76.9 Å². The van der Waals surface area contributed by atoms with Crippen molar-refractivity contribution in [2.75, 3.05) is 27.2 Å². The summed E-state index contributed by atoms with van der Waals surface area (Å²) in [5, 5.41) is 0.536. The lowest BCUT2D eigenvalue weighted by Gasteiger charge is -2.41. The molecule has 0 N–H and O–H groups in total. The largest absolute Gasteiger partial charge is 0.486 e. The Hall–Kier alpha value is -3.86. The van der Waals surface area contributed by atoms with Crippen LogP contribution in [0.15, 0.2) is 57.4 Å². The maximum Gasteiger partial charge on any atom is 0.417 e. The number of fused-ring (bicyclic) bond motifs is 3. The first-order valence-corrected chi connectivity index (χ1v) is 13.9. The minimum absolute atomic E-state index is 0.138. The molecule has 10 nitrogen and oxygen atoms in total. The van der Waals surface area contributed by atoms with Crippen LogP contribution in [0.3, 0.4) is 0 Å². The lowest BCUT2D eigenvalue weighted by Crippen LogP contribution is -2.64. The van der Waals surface area contributed by atoms with E-state index in [4.69, 9.17) is 13.9 Å². The molecule has 1 aliphatic heterocycles. The average molecular weight is 629 g/mol. The second kappa shape index (κ2) is 11.2. The van der Waals surface area contributed by atoms with Crippen molar-refractivity contribution in [3.8, 4) is 5.75 Å². The average Bonchev–Trinajstić information content (AvgIpc) is 3.22. The molecule has 0 aliphatic carbocycles. The normalized spacial score (nSPS) is 17.8. The van der Waals surface area contributed by atoms with Gasteiger partial charge in [0.15, 0.2) is 11.3 Å². The summed E-state index contributed by atoms with van der Waals surface area (Å²) in [4.78, 5) is 58.8. The van der Waals surface area contributed by atoms with Crippen LogP contribution in [0.2, 0.25) is 0 Å². The first-order chi connectivity index (χ1) is 19.1. The zero-order valence-corrected chi connectivity index (χ0v) is 25.8. The van der Waals surface area contributed by atoms with Crippen LogP contribution < -0.4 is 4.74 Å². The summed E-state index contributed by atoms with van der Waals surface area (Å²) in [6.45, 7) is 7.47. The summed E-state index contributed by atoms with van der Waals surface area (Å²) in [6.07, 6.45) is -0.886. The Labute approximate surface area is 247 Å². The molecular formula is C30H34BrN3O7. The second-order valence-corrected chi connectivity index (χ2v) is 12.3. The molecule has 4 rings (SSSR count). The van der Waals surface area contributed by atoms with Gasteiger partial charge in [0.25, 0.3) is 11.8 Å². The molecule has 0 saturated carbocycles. The lowest BCUT2D eigenvalue weighted by molar-refractivity contribution is -0.146. The number of amides is 4. The van der Waals surface area contributed by atoms with Crippen molar-refractivity contribution in [1.82, 2.24) is 14.7 Å². The summed E-state index contributed by atoms with van der Waals surface area (Å²) >= 11 is 3.40. The van der Waals surface area contributed by atoms with Crippen LogP contribution in [0.1, 0.15) is 56.8 Å². The molecule has 0 unspecified atom stereocenters. The Morgan fingerprint density at radius 3 is 2.39 bits per heavy atom. The van der Waals surface area contributed by atoms with Crippen LogP contribution in [0, 0.1) is 0 Å². The molecule has 0 radical (unpaired) electrons. The molecule has 11 heteroatoms. The summed E-state index contributed by atoms with van der Waals surface area (Å²) in [6, 6.07) is 13.4. The number of halogens is 1. The predicted molar refractivity (Wildman–Crippen MR) is 155 cm³/mol. The highest BCUT2D eigenvalue weighted by Crippen LogP contribution is 2.40. The van der Waals surface area contributed by atoms with Gasteiger partial charge in [0.1, 0.15) is 24.3 Å². The Kier molecular flexibility index (Phi) is 8.22. The molecule has 4 amide bonds. The number of carbonyl (C=O) groups excluding carboxylic acids is 4. The van der Waals surface area contributed by atoms with E-state index >= 15 is 0 Å². The van der Waals surface area contributed by atoms with E-state index in [1.54, 1.807) is 84.3 Å².